The van der Waals surface area contributed by atoms with Crippen LogP contribution in [0, 0.1) is 0 Å². The first-order valence-corrected chi connectivity index (χ1v) is 7.23. The van der Waals surface area contributed by atoms with Crippen LogP contribution >= 0.6 is 0 Å². The Bertz CT molecular complexity index is 784. The Labute approximate surface area is 138 Å². The third-order valence-corrected chi connectivity index (χ3v) is 3.39. The topological polar surface area (TPSA) is 88.7 Å². The Morgan fingerprint density at radius 1 is 1.17 bits per heavy atom. The average Bonchev–Trinajstić information content (AvgIpc) is 2.60. The molecule has 7 heteroatoms. The van der Waals surface area contributed by atoms with E-state index in [1.807, 2.05) is 18.2 Å². The van der Waals surface area contributed by atoms with E-state index in [0.717, 1.165) is 5.56 Å². The summed E-state index contributed by atoms with van der Waals surface area (Å²) in [6, 6.07) is 10.2. The third kappa shape index (κ3) is 4.22. The first-order valence-electron chi connectivity index (χ1n) is 7.23. The molecule has 7 nitrogen and oxygen atoms in total. The summed E-state index contributed by atoms with van der Waals surface area (Å²) in [6.45, 7) is -0.134. The van der Waals surface area contributed by atoms with Crippen LogP contribution in [-0.4, -0.2) is 42.5 Å². The molecule has 1 amide bonds. The highest BCUT2D eigenvalue weighted by atomic mass is 16.5. The lowest BCUT2D eigenvalue weighted by atomic mass is 10.2. The lowest BCUT2D eigenvalue weighted by Crippen LogP contribution is -2.31. The Hall–Kier alpha value is -3.09. The van der Waals surface area contributed by atoms with Crippen molar-refractivity contribution in [2.75, 3.05) is 20.8 Å². The van der Waals surface area contributed by atoms with E-state index in [1.54, 1.807) is 20.2 Å². The van der Waals surface area contributed by atoms with Gasteiger partial charge in [0.05, 0.1) is 7.11 Å². The summed E-state index contributed by atoms with van der Waals surface area (Å²) in [7, 11) is 3.15. The van der Waals surface area contributed by atoms with Crippen LogP contribution in [0.3, 0.4) is 0 Å². The van der Waals surface area contributed by atoms with Gasteiger partial charge in [0.25, 0.3) is 11.5 Å². The molecule has 0 aliphatic carbocycles. The normalized spacial score (nSPS) is 10.1. The summed E-state index contributed by atoms with van der Waals surface area (Å²) < 4.78 is 10.1. The van der Waals surface area contributed by atoms with Crippen LogP contribution < -0.4 is 10.3 Å². The van der Waals surface area contributed by atoms with Crippen molar-refractivity contribution in [3.05, 3.63) is 64.1 Å². The number of methoxy groups -OCH3 is 1. The van der Waals surface area contributed by atoms with Crippen molar-refractivity contribution in [2.24, 2.45) is 0 Å². The van der Waals surface area contributed by atoms with Crippen LogP contribution in [0.5, 0.6) is 5.75 Å². The number of pyridine rings is 1. The highest BCUT2D eigenvalue weighted by Crippen LogP contribution is 2.18. The minimum absolute atomic E-state index is 0.141. The minimum Gasteiger partial charge on any atom is -0.496 e. The second kappa shape index (κ2) is 7.96. The zero-order chi connectivity index (χ0) is 17.5. The molecule has 0 atom stereocenters. The number of H-pyrrole nitrogens is 1. The molecule has 0 saturated carbocycles. The number of hydrogen-bond donors (Lipinski definition) is 1. The molecule has 0 unspecified atom stereocenters. The summed E-state index contributed by atoms with van der Waals surface area (Å²) in [5, 5.41) is 0. The molecule has 2 aromatic rings. The minimum atomic E-state index is -0.837. The maximum absolute atomic E-state index is 12.1. The van der Waals surface area contributed by atoms with Gasteiger partial charge in [-0.2, -0.15) is 0 Å². The van der Waals surface area contributed by atoms with Crippen molar-refractivity contribution in [1.82, 2.24) is 9.88 Å². The second-order valence-electron chi connectivity index (χ2n) is 5.05. The summed E-state index contributed by atoms with van der Waals surface area (Å²) in [6.07, 6.45) is 1.41. The van der Waals surface area contributed by atoms with Crippen molar-refractivity contribution >= 4 is 11.9 Å². The van der Waals surface area contributed by atoms with Gasteiger partial charge in [-0.05, 0) is 18.2 Å². The SMILES string of the molecule is COc1ccccc1CN(C)C(=O)COC(=O)c1ccc[nH]c1=O. The number of ether oxygens (including phenoxy) is 2. The van der Waals surface area contributed by atoms with Crippen LogP contribution in [0.4, 0.5) is 0 Å². The van der Waals surface area contributed by atoms with E-state index in [-0.39, 0.29) is 11.5 Å². The molecule has 0 radical (unpaired) electrons. The van der Waals surface area contributed by atoms with Gasteiger partial charge in [-0.3, -0.25) is 9.59 Å². The van der Waals surface area contributed by atoms with E-state index in [2.05, 4.69) is 4.98 Å². The molecule has 126 valence electrons. The fourth-order valence-corrected chi connectivity index (χ4v) is 2.07. The Morgan fingerprint density at radius 2 is 1.92 bits per heavy atom. The molecule has 1 N–H and O–H groups in total. The number of aromatic nitrogens is 1. The zero-order valence-corrected chi connectivity index (χ0v) is 13.4. The van der Waals surface area contributed by atoms with Gasteiger partial charge < -0.3 is 19.4 Å². The number of rotatable bonds is 6. The number of likely N-dealkylation sites (N-methyl/N-ethyl adjacent to an activating group) is 1. The van der Waals surface area contributed by atoms with Gasteiger partial charge in [-0.1, -0.05) is 18.2 Å². The number of benzene rings is 1. The van der Waals surface area contributed by atoms with Crippen LogP contribution in [0.25, 0.3) is 0 Å². The smallest absolute Gasteiger partial charge is 0.344 e. The van der Waals surface area contributed by atoms with Crippen molar-refractivity contribution in [2.45, 2.75) is 6.54 Å². The highest BCUT2D eigenvalue weighted by molar-refractivity contribution is 5.90. The number of esters is 1. The molecule has 0 spiro atoms. The van der Waals surface area contributed by atoms with Crippen LogP contribution in [0.2, 0.25) is 0 Å². The van der Waals surface area contributed by atoms with E-state index in [1.165, 1.54) is 23.2 Å². The standard InChI is InChI=1S/C17H18N2O5/c1-19(10-12-6-3-4-8-14(12)23-2)15(20)11-24-17(22)13-7-5-9-18-16(13)21/h3-9H,10-11H2,1-2H3,(H,18,21). The van der Waals surface area contributed by atoms with Gasteiger partial charge in [0, 0.05) is 25.4 Å². The average molecular weight is 330 g/mol. The van der Waals surface area contributed by atoms with E-state index in [9.17, 15) is 14.4 Å². The second-order valence-corrected chi connectivity index (χ2v) is 5.05. The molecule has 0 fully saturated rings. The maximum atomic E-state index is 12.1. The predicted molar refractivity (Wildman–Crippen MR) is 86.8 cm³/mol. The van der Waals surface area contributed by atoms with E-state index in [4.69, 9.17) is 9.47 Å². The number of nitrogens with one attached hydrogen (secondary N) is 1. The number of nitrogens with zero attached hydrogens (tertiary/aromatic N) is 1. The molecule has 1 aromatic carbocycles. The quantitative estimate of drug-likeness (QED) is 0.804. The first kappa shape index (κ1) is 17.3. The number of para-hydroxylation sites is 1. The van der Waals surface area contributed by atoms with Gasteiger partial charge in [0.1, 0.15) is 11.3 Å². The van der Waals surface area contributed by atoms with E-state index < -0.39 is 18.1 Å². The monoisotopic (exact) mass is 330 g/mol. The number of carbonyl (C=O) groups is 2. The summed E-state index contributed by atoms with van der Waals surface area (Å²) in [4.78, 5) is 39.2. The van der Waals surface area contributed by atoms with Gasteiger partial charge in [-0.25, -0.2) is 4.79 Å². The Balaban J connectivity index is 1.93. The van der Waals surface area contributed by atoms with Crippen molar-refractivity contribution in [3.63, 3.8) is 0 Å². The maximum Gasteiger partial charge on any atom is 0.344 e. The number of aromatic amines is 1. The first-order chi connectivity index (χ1) is 11.5. The number of amides is 1. The fourth-order valence-electron chi connectivity index (χ4n) is 2.07. The molecule has 0 bridgehead atoms. The molecule has 0 aliphatic rings. The highest BCUT2D eigenvalue weighted by Gasteiger charge is 2.16. The van der Waals surface area contributed by atoms with Gasteiger partial charge in [0.15, 0.2) is 6.61 Å². The zero-order valence-electron chi connectivity index (χ0n) is 13.4. The summed E-state index contributed by atoms with van der Waals surface area (Å²) in [5.41, 5.74) is 0.136. The summed E-state index contributed by atoms with van der Waals surface area (Å²) in [5.74, 6) is -0.553. The third-order valence-electron chi connectivity index (χ3n) is 3.39. The fraction of sp³-hybridized carbons (Fsp3) is 0.235. The lowest BCUT2D eigenvalue weighted by molar-refractivity contribution is -0.133. The van der Waals surface area contributed by atoms with Crippen molar-refractivity contribution in [1.29, 1.82) is 0 Å². The van der Waals surface area contributed by atoms with Gasteiger partial charge in [-0.15, -0.1) is 0 Å². The number of hydrogen-bond acceptors (Lipinski definition) is 5. The van der Waals surface area contributed by atoms with Crippen LogP contribution in [-0.2, 0) is 16.1 Å². The molecule has 0 saturated heterocycles. The molecule has 1 aromatic heterocycles. The molecule has 0 aliphatic heterocycles. The van der Waals surface area contributed by atoms with Gasteiger partial charge in [0.2, 0.25) is 0 Å². The van der Waals surface area contributed by atoms with Crippen LogP contribution in [0.1, 0.15) is 15.9 Å². The number of carbonyl (C=O) groups excluding carboxylic acids is 2. The molecule has 24 heavy (non-hydrogen) atoms. The van der Waals surface area contributed by atoms with Crippen molar-refractivity contribution in [3.8, 4) is 5.75 Å². The Kier molecular flexibility index (Phi) is 5.73. The van der Waals surface area contributed by atoms with Crippen molar-refractivity contribution < 1.29 is 19.1 Å². The lowest BCUT2D eigenvalue weighted by Gasteiger charge is -2.18. The molecular formula is C17H18N2O5. The van der Waals surface area contributed by atoms with E-state index >= 15 is 0 Å². The Morgan fingerprint density at radius 3 is 2.62 bits per heavy atom. The van der Waals surface area contributed by atoms with E-state index in [0.29, 0.717) is 12.3 Å². The summed E-state index contributed by atoms with van der Waals surface area (Å²) >= 11 is 0. The molecule has 1 heterocycles. The van der Waals surface area contributed by atoms with Crippen LogP contribution in [0.15, 0.2) is 47.4 Å². The van der Waals surface area contributed by atoms with Gasteiger partial charge >= 0.3 is 5.97 Å². The predicted octanol–water partition coefficient (Wildman–Crippen LogP) is 1.20. The molecular weight excluding hydrogens is 312 g/mol. The largest absolute Gasteiger partial charge is 0.496 e. The molecule has 2 rings (SSSR count).